The van der Waals surface area contributed by atoms with Crippen LogP contribution in [0, 0.1) is 0 Å². The minimum absolute atomic E-state index is 0. The molecule has 1 fully saturated rings. The van der Waals surface area contributed by atoms with Crippen LogP contribution >= 0.6 is 24.0 Å². The molecule has 164 valence electrons. The van der Waals surface area contributed by atoms with Crippen molar-refractivity contribution in [3.63, 3.8) is 0 Å². The van der Waals surface area contributed by atoms with Gasteiger partial charge in [0, 0.05) is 17.1 Å². The molecule has 0 atom stereocenters. The van der Waals surface area contributed by atoms with Gasteiger partial charge < -0.3 is 10.2 Å². The number of nitrogens with one attached hydrogen (secondary N) is 1. The Morgan fingerprint density at radius 3 is 2.48 bits per heavy atom. The van der Waals surface area contributed by atoms with Crippen LogP contribution in [0.15, 0.2) is 42.5 Å². The highest BCUT2D eigenvalue weighted by atomic mass is 35.5. The largest absolute Gasteiger partial charge is 0.352 e. The lowest BCUT2D eigenvalue weighted by atomic mass is 10.1. The van der Waals surface area contributed by atoms with Gasteiger partial charge in [0.05, 0.1) is 17.7 Å². The smallest absolute Gasteiger partial charge is 0.261 e. The summed E-state index contributed by atoms with van der Waals surface area (Å²) in [6.45, 7) is 3.99. The number of carbonyl (C=O) groups is 3. The molecule has 6 nitrogen and oxygen atoms in total. The maximum absolute atomic E-state index is 12.8. The summed E-state index contributed by atoms with van der Waals surface area (Å²) in [7, 11) is 0. The second kappa shape index (κ2) is 10.3. The van der Waals surface area contributed by atoms with Crippen molar-refractivity contribution >= 4 is 41.7 Å². The molecule has 1 saturated heterocycles. The molecule has 0 aromatic heterocycles. The Hall–Kier alpha value is -2.41. The van der Waals surface area contributed by atoms with E-state index in [2.05, 4.69) is 10.2 Å². The fourth-order valence-corrected chi connectivity index (χ4v) is 4.22. The van der Waals surface area contributed by atoms with Gasteiger partial charge in [0.1, 0.15) is 0 Å². The number of hydrogen-bond donors (Lipinski definition) is 1. The fourth-order valence-electron chi connectivity index (χ4n) is 4.01. The first-order chi connectivity index (χ1) is 14.5. The van der Waals surface area contributed by atoms with Crippen molar-refractivity contribution in [1.82, 2.24) is 15.1 Å². The van der Waals surface area contributed by atoms with Crippen LogP contribution in [0.5, 0.6) is 0 Å². The third-order valence-electron chi connectivity index (χ3n) is 5.60. The molecular formula is C23H25Cl2N3O3. The van der Waals surface area contributed by atoms with Gasteiger partial charge in [-0.2, -0.15) is 0 Å². The number of amides is 3. The highest BCUT2D eigenvalue weighted by Crippen LogP contribution is 2.26. The molecule has 0 spiro atoms. The second-order valence-corrected chi connectivity index (χ2v) is 8.18. The van der Waals surface area contributed by atoms with Gasteiger partial charge in [-0.3, -0.25) is 19.3 Å². The number of fused-ring (bicyclic) bond motifs is 1. The highest BCUT2D eigenvalue weighted by molar-refractivity contribution is 6.30. The molecule has 2 aromatic carbocycles. The van der Waals surface area contributed by atoms with E-state index in [0.29, 0.717) is 22.7 Å². The zero-order valence-electron chi connectivity index (χ0n) is 17.1. The number of likely N-dealkylation sites (tertiary alicyclic amines) is 1. The number of imide groups is 1. The first kappa shape index (κ1) is 23.3. The monoisotopic (exact) mass is 461 g/mol. The van der Waals surface area contributed by atoms with Gasteiger partial charge in [0.25, 0.3) is 17.7 Å². The summed E-state index contributed by atoms with van der Waals surface area (Å²) in [5.41, 5.74) is 1.76. The predicted molar refractivity (Wildman–Crippen MR) is 122 cm³/mol. The minimum atomic E-state index is -0.390. The van der Waals surface area contributed by atoms with Crippen LogP contribution in [0.4, 0.5) is 0 Å². The summed E-state index contributed by atoms with van der Waals surface area (Å²) in [4.78, 5) is 41.6. The highest BCUT2D eigenvalue weighted by Gasteiger charge is 2.36. The molecule has 3 amide bonds. The third-order valence-corrected chi connectivity index (χ3v) is 5.83. The molecule has 0 aliphatic carbocycles. The lowest BCUT2D eigenvalue weighted by Crippen LogP contribution is -2.29. The van der Waals surface area contributed by atoms with Crippen LogP contribution in [-0.2, 0) is 6.54 Å². The molecule has 2 aromatic rings. The number of benzene rings is 2. The Bertz CT molecular complexity index is 990. The van der Waals surface area contributed by atoms with Crippen molar-refractivity contribution in [1.29, 1.82) is 0 Å². The number of halogens is 2. The van der Waals surface area contributed by atoms with Gasteiger partial charge in [0.15, 0.2) is 0 Å². The zero-order chi connectivity index (χ0) is 21.1. The van der Waals surface area contributed by atoms with Crippen molar-refractivity contribution in [2.75, 3.05) is 26.2 Å². The molecule has 8 heteroatoms. The van der Waals surface area contributed by atoms with Crippen LogP contribution in [0.25, 0.3) is 0 Å². The van der Waals surface area contributed by atoms with Gasteiger partial charge in [-0.1, -0.05) is 23.7 Å². The molecule has 4 rings (SSSR count). The maximum atomic E-state index is 12.8. The molecule has 0 unspecified atom stereocenters. The zero-order valence-corrected chi connectivity index (χ0v) is 18.7. The Balaban J connectivity index is 0.00000272. The topological polar surface area (TPSA) is 69.7 Å². The van der Waals surface area contributed by atoms with Crippen LogP contribution in [0.2, 0.25) is 5.02 Å². The maximum Gasteiger partial charge on any atom is 0.261 e. The summed E-state index contributed by atoms with van der Waals surface area (Å²) in [5, 5.41) is 3.46. The average molecular weight is 462 g/mol. The van der Waals surface area contributed by atoms with Crippen molar-refractivity contribution in [3.05, 3.63) is 69.7 Å². The SMILES string of the molecule is Cl.O=C(NCCCN1CCCC1)c1ccc2c(c1)C(=O)N(Cc1cccc(Cl)c1)C2=O. The summed E-state index contributed by atoms with van der Waals surface area (Å²) in [6.07, 6.45) is 3.40. The Kier molecular flexibility index (Phi) is 7.70. The standard InChI is InChI=1S/C23H24ClN3O3.ClH/c24-18-6-3-5-16(13-18)15-27-22(29)19-8-7-17(14-20(19)23(27)30)21(28)25-9-4-12-26-10-1-2-11-26;/h3,5-8,13-14H,1-2,4,9-12,15H2,(H,25,28);1H. The van der Waals surface area contributed by atoms with Crippen LogP contribution in [-0.4, -0.2) is 53.7 Å². The number of hydrogen-bond acceptors (Lipinski definition) is 4. The number of nitrogens with zero attached hydrogens (tertiary/aromatic N) is 2. The van der Waals surface area contributed by atoms with E-state index in [0.717, 1.165) is 31.6 Å². The second-order valence-electron chi connectivity index (χ2n) is 7.74. The molecule has 31 heavy (non-hydrogen) atoms. The van der Waals surface area contributed by atoms with E-state index in [4.69, 9.17) is 11.6 Å². The summed E-state index contributed by atoms with van der Waals surface area (Å²) in [5.74, 6) is -0.973. The van der Waals surface area contributed by atoms with E-state index in [1.807, 2.05) is 6.07 Å². The van der Waals surface area contributed by atoms with E-state index in [1.54, 1.807) is 30.3 Å². The quantitative estimate of drug-likeness (QED) is 0.503. The van der Waals surface area contributed by atoms with E-state index in [1.165, 1.54) is 23.8 Å². The molecule has 0 saturated carbocycles. The van der Waals surface area contributed by atoms with Gasteiger partial charge in [-0.25, -0.2) is 0 Å². The van der Waals surface area contributed by atoms with Gasteiger partial charge >= 0.3 is 0 Å². The van der Waals surface area contributed by atoms with Crippen molar-refractivity contribution in [2.45, 2.75) is 25.8 Å². The molecule has 2 heterocycles. The number of rotatable bonds is 7. The molecule has 1 N–H and O–H groups in total. The molecule has 0 radical (unpaired) electrons. The Morgan fingerprint density at radius 2 is 1.74 bits per heavy atom. The van der Waals surface area contributed by atoms with E-state index in [-0.39, 0.29) is 36.3 Å². The van der Waals surface area contributed by atoms with Crippen LogP contribution < -0.4 is 5.32 Å². The van der Waals surface area contributed by atoms with Gasteiger partial charge in [-0.15, -0.1) is 12.4 Å². The lowest BCUT2D eigenvalue weighted by Gasteiger charge is -2.14. The van der Waals surface area contributed by atoms with Crippen LogP contribution in [0.1, 0.15) is 55.9 Å². The van der Waals surface area contributed by atoms with Crippen molar-refractivity contribution in [3.8, 4) is 0 Å². The molecule has 0 bridgehead atoms. The van der Waals surface area contributed by atoms with E-state index in [9.17, 15) is 14.4 Å². The normalized spacial score (nSPS) is 15.7. The molecular weight excluding hydrogens is 437 g/mol. The lowest BCUT2D eigenvalue weighted by molar-refractivity contribution is 0.0642. The van der Waals surface area contributed by atoms with E-state index >= 15 is 0 Å². The van der Waals surface area contributed by atoms with Crippen molar-refractivity contribution in [2.24, 2.45) is 0 Å². The Labute approximate surface area is 193 Å². The van der Waals surface area contributed by atoms with Gasteiger partial charge in [-0.05, 0) is 74.8 Å². The van der Waals surface area contributed by atoms with Crippen molar-refractivity contribution < 1.29 is 14.4 Å². The number of carbonyl (C=O) groups excluding carboxylic acids is 3. The predicted octanol–water partition coefficient (Wildman–Crippen LogP) is 3.77. The summed E-state index contributed by atoms with van der Waals surface area (Å²) >= 11 is 6.00. The van der Waals surface area contributed by atoms with Gasteiger partial charge in [0.2, 0.25) is 0 Å². The molecule has 2 aliphatic rings. The minimum Gasteiger partial charge on any atom is -0.352 e. The summed E-state index contributed by atoms with van der Waals surface area (Å²) in [6, 6.07) is 11.7. The molecule has 2 aliphatic heterocycles. The first-order valence-electron chi connectivity index (χ1n) is 10.3. The third kappa shape index (κ3) is 5.26. The average Bonchev–Trinajstić information content (AvgIpc) is 3.34. The summed E-state index contributed by atoms with van der Waals surface area (Å²) < 4.78 is 0. The van der Waals surface area contributed by atoms with E-state index < -0.39 is 5.91 Å². The fraction of sp³-hybridized carbons (Fsp3) is 0.348. The van der Waals surface area contributed by atoms with Crippen LogP contribution in [0.3, 0.4) is 0 Å². The first-order valence-corrected chi connectivity index (χ1v) is 10.7. The Morgan fingerprint density at radius 1 is 1.00 bits per heavy atom.